The predicted molar refractivity (Wildman–Crippen MR) is 105 cm³/mol. The number of phenols is 1. The molecule has 0 aliphatic heterocycles. The van der Waals surface area contributed by atoms with Gasteiger partial charge in [0.1, 0.15) is 17.1 Å². The summed E-state index contributed by atoms with van der Waals surface area (Å²) in [6.45, 7) is 4.23. The van der Waals surface area contributed by atoms with Crippen LogP contribution in [-0.4, -0.2) is 25.3 Å². The molecule has 26 heavy (non-hydrogen) atoms. The van der Waals surface area contributed by atoms with E-state index in [2.05, 4.69) is 13.8 Å². The Morgan fingerprint density at radius 1 is 1.15 bits per heavy atom. The Kier molecular flexibility index (Phi) is 6.84. The summed E-state index contributed by atoms with van der Waals surface area (Å²) < 4.78 is 10.4. The molecule has 0 spiro atoms. The molecule has 138 valence electrons. The minimum absolute atomic E-state index is 0.0652. The Balaban J connectivity index is 2.54. The third-order valence-corrected chi connectivity index (χ3v) is 4.23. The summed E-state index contributed by atoms with van der Waals surface area (Å²) in [6, 6.07) is 11.5. The van der Waals surface area contributed by atoms with Gasteiger partial charge < -0.3 is 14.6 Å². The van der Waals surface area contributed by atoms with E-state index in [0.29, 0.717) is 29.2 Å². The SMILES string of the molecule is COC(=O)c1c(/C=C/c2ccccc2)cc(OC)c(CCC(C)C)c1O. The van der Waals surface area contributed by atoms with Crippen LogP contribution in [0.1, 0.15) is 47.3 Å². The van der Waals surface area contributed by atoms with Gasteiger partial charge in [0.05, 0.1) is 14.2 Å². The maximum absolute atomic E-state index is 12.3. The second kappa shape index (κ2) is 9.09. The third-order valence-electron chi connectivity index (χ3n) is 4.23. The second-order valence-electron chi connectivity index (χ2n) is 6.54. The maximum atomic E-state index is 12.3. The zero-order chi connectivity index (χ0) is 19.1. The molecule has 0 fully saturated rings. The molecule has 0 saturated heterocycles. The summed E-state index contributed by atoms with van der Waals surface area (Å²) in [7, 11) is 2.88. The maximum Gasteiger partial charge on any atom is 0.342 e. The number of carbonyl (C=O) groups excluding carboxylic acids is 1. The highest BCUT2D eigenvalue weighted by Gasteiger charge is 2.23. The van der Waals surface area contributed by atoms with Crippen molar-refractivity contribution in [3.05, 3.63) is 58.7 Å². The second-order valence-corrected chi connectivity index (χ2v) is 6.54. The number of aromatic hydroxyl groups is 1. The van der Waals surface area contributed by atoms with Crippen molar-refractivity contribution in [2.45, 2.75) is 26.7 Å². The van der Waals surface area contributed by atoms with Gasteiger partial charge in [0.25, 0.3) is 0 Å². The zero-order valence-corrected chi connectivity index (χ0v) is 15.8. The number of rotatable bonds is 7. The summed E-state index contributed by atoms with van der Waals surface area (Å²) in [5, 5.41) is 10.8. The summed E-state index contributed by atoms with van der Waals surface area (Å²) >= 11 is 0. The normalized spacial score (nSPS) is 11.1. The van der Waals surface area contributed by atoms with Crippen molar-refractivity contribution in [1.82, 2.24) is 0 Å². The van der Waals surface area contributed by atoms with E-state index in [1.54, 1.807) is 19.3 Å². The molecule has 0 aromatic heterocycles. The van der Waals surface area contributed by atoms with Crippen LogP contribution in [0, 0.1) is 5.92 Å². The van der Waals surface area contributed by atoms with Crippen molar-refractivity contribution in [1.29, 1.82) is 0 Å². The predicted octanol–water partition coefficient (Wildman–Crippen LogP) is 4.95. The number of phenolic OH excluding ortho intramolecular Hbond substituents is 1. The summed E-state index contributed by atoms with van der Waals surface area (Å²) in [6.07, 6.45) is 5.17. The van der Waals surface area contributed by atoms with Gasteiger partial charge in [-0.15, -0.1) is 0 Å². The molecule has 2 aromatic rings. The molecule has 0 aliphatic rings. The van der Waals surface area contributed by atoms with Gasteiger partial charge in [-0.2, -0.15) is 0 Å². The average molecular weight is 354 g/mol. The molecule has 4 heteroatoms. The smallest absolute Gasteiger partial charge is 0.342 e. The summed E-state index contributed by atoms with van der Waals surface area (Å²) in [4.78, 5) is 12.3. The van der Waals surface area contributed by atoms with E-state index in [1.807, 2.05) is 36.4 Å². The lowest BCUT2D eigenvalue weighted by molar-refractivity contribution is 0.0597. The lowest BCUT2D eigenvalue weighted by Crippen LogP contribution is -2.08. The van der Waals surface area contributed by atoms with E-state index in [1.165, 1.54) is 7.11 Å². The van der Waals surface area contributed by atoms with Crippen LogP contribution in [0.5, 0.6) is 11.5 Å². The standard InChI is InChI=1S/C22H26O4/c1-15(2)10-13-18-19(25-3)14-17(20(21(18)23)22(24)26-4)12-11-16-8-6-5-7-9-16/h5-9,11-12,14-15,23H,10,13H2,1-4H3/b12-11+. The van der Waals surface area contributed by atoms with E-state index < -0.39 is 5.97 Å². The van der Waals surface area contributed by atoms with E-state index in [0.717, 1.165) is 12.0 Å². The van der Waals surface area contributed by atoms with Crippen molar-refractivity contribution in [2.24, 2.45) is 5.92 Å². The van der Waals surface area contributed by atoms with Crippen LogP contribution >= 0.6 is 0 Å². The first-order chi connectivity index (χ1) is 12.5. The molecule has 0 heterocycles. The average Bonchev–Trinajstić information content (AvgIpc) is 2.65. The molecule has 0 bridgehead atoms. The van der Waals surface area contributed by atoms with E-state index in [-0.39, 0.29) is 11.3 Å². The van der Waals surface area contributed by atoms with E-state index in [4.69, 9.17) is 9.47 Å². The molecule has 1 N–H and O–H groups in total. The van der Waals surface area contributed by atoms with E-state index in [9.17, 15) is 9.90 Å². The first kappa shape index (κ1) is 19.6. The molecule has 0 amide bonds. The monoisotopic (exact) mass is 354 g/mol. The first-order valence-corrected chi connectivity index (χ1v) is 8.72. The number of ether oxygens (including phenoxy) is 2. The molecule has 4 nitrogen and oxygen atoms in total. The lowest BCUT2D eigenvalue weighted by Gasteiger charge is -2.16. The Hall–Kier alpha value is -2.75. The van der Waals surface area contributed by atoms with Crippen LogP contribution in [0.25, 0.3) is 12.2 Å². The Labute approximate surface area is 155 Å². The van der Waals surface area contributed by atoms with Gasteiger partial charge in [-0.3, -0.25) is 0 Å². The molecular formula is C22H26O4. The minimum atomic E-state index is -0.566. The molecule has 0 radical (unpaired) electrons. The highest BCUT2D eigenvalue weighted by atomic mass is 16.5. The Morgan fingerprint density at radius 3 is 2.42 bits per heavy atom. The quantitative estimate of drug-likeness (QED) is 0.565. The molecule has 2 rings (SSSR count). The molecule has 0 aliphatic carbocycles. The third kappa shape index (κ3) is 4.66. The van der Waals surface area contributed by atoms with Gasteiger partial charge in [0.15, 0.2) is 0 Å². The van der Waals surface area contributed by atoms with Gasteiger partial charge in [-0.25, -0.2) is 4.79 Å². The fourth-order valence-corrected chi connectivity index (χ4v) is 2.76. The van der Waals surface area contributed by atoms with Gasteiger partial charge in [-0.05, 0) is 36.0 Å². The number of hydrogen-bond acceptors (Lipinski definition) is 4. The highest BCUT2D eigenvalue weighted by Crippen LogP contribution is 2.37. The summed E-state index contributed by atoms with van der Waals surface area (Å²) in [5.74, 6) is 0.412. The lowest BCUT2D eigenvalue weighted by atomic mass is 9.95. The van der Waals surface area contributed by atoms with E-state index >= 15 is 0 Å². The number of hydrogen-bond donors (Lipinski definition) is 1. The van der Waals surface area contributed by atoms with Crippen molar-refractivity contribution < 1.29 is 19.4 Å². The van der Waals surface area contributed by atoms with Crippen molar-refractivity contribution >= 4 is 18.1 Å². The zero-order valence-electron chi connectivity index (χ0n) is 15.8. The molecule has 0 unspecified atom stereocenters. The van der Waals surface area contributed by atoms with Crippen LogP contribution < -0.4 is 4.74 Å². The minimum Gasteiger partial charge on any atom is -0.507 e. The largest absolute Gasteiger partial charge is 0.507 e. The van der Waals surface area contributed by atoms with Crippen LogP contribution in [0.2, 0.25) is 0 Å². The van der Waals surface area contributed by atoms with Gasteiger partial charge in [0, 0.05) is 5.56 Å². The van der Waals surface area contributed by atoms with Gasteiger partial charge in [0.2, 0.25) is 0 Å². The van der Waals surface area contributed by atoms with Gasteiger partial charge in [-0.1, -0.05) is 56.3 Å². The molecule has 0 saturated carbocycles. The fraction of sp³-hybridized carbons (Fsp3) is 0.318. The summed E-state index contributed by atoms with van der Waals surface area (Å²) in [5.41, 5.74) is 2.35. The number of methoxy groups -OCH3 is 2. The van der Waals surface area contributed by atoms with Crippen molar-refractivity contribution in [3.63, 3.8) is 0 Å². The molecule has 0 atom stereocenters. The van der Waals surface area contributed by atoms with Crippen LogP contribution in [-0.2, 0) is 11.2 Å². The van der Waals surface area contributed by atoms with Crippen LogP contribution in [0.4, 0.5) is 0 Å². The number of benzene rings is 2. The topological polar surface area (TPSA) is 55.8 Å². The highest BCUT2D eigenvalue weighted by molar-refractivity contribution is 5.98. The number of carbonyl (C=O) groups is 1. The molecule has 2 aromatic carbocycles. The fourth-order valence-electron chi connectivity index (χ4n) is 2.76. The number of esters is 1. The van der Waals surface area contributed by atoms with Crippen molar-refractivity contribution in [2.75, 3.05) is 14.2 Å². The van der Waals surface area contributed by atoms with Crippen molar-refractivity contribution in [3.8, 4) is 11.5 Å². The molecular weight excluding hydrogens is 328 g/mol. The Bertz CT molecular complexity index is 776. The Morgan fingerprint density at radius 2 is 1.85 bits per heavy atom. The van der Waals surface area contributed by atoms with Gasteiger partial charge >= 0.3 is 5.97 Å². The van der Waals surface area contributed by atoms with Crippen LogP contribution in [0.3, 0.4) is 0 Å². The first-order valence-electron chi connectivity index (χ1n) is 8.72. The van der Waals surface area contributed by atoms with Crippen LogP contribution in [0.15, 0.2) is 36.4 Å².